The number of amides is 2. The van der Waals surface area contributed by atoms with Crippen molar-refractivity contribution in [1.82, 2.24) is 0 Å². The lowest BCUT2D eigenvalue weighted by molar-refractivity contribution is -0.121. The molecule has 2 amide bonds. The maximum absolute atomic E-state index is 12.3. The number of thioether (sulfide) groups is 1. The molecule has 0 spiro atoms. The molecule has 6 nitrogen and oxygen atoms in total. The first-order chi connectivity index (χ1) is 13.5. The molecule has 8 heteroatoms. The fraction of sp³-hybridized carbons (Fsp3) is 0.100. The third-order valence-corrected chi connectivity index (χ3v) is 5.65. The number of aliphatic imine (C=N–C) groups is 1. The molecule has 1 aliphatic heterocycles. The molecule has 1 aromatic heterocycles. The molecule has 3 aromatic rings. The van der Waals surface area contributed by atoms with Crippen LogP contribution in [0.5, 0.6) is 0 Å². The maximum Gasteiger partial charge on any atom is 0.346 e. The standard InChI is InChI=1S/C20H13ClN2O4S/c21-13-6-2-3-7-14(13)22-17(24)10-16-18(25)23-19(28-16)12-9-11-5-1-4-8-15(11)27-20(12)26/h1-9,16H,10H2,(H,22,24). The zero-order chi connectivity index (χ0) is 19.7. The summed E-state index contributed by atoms with van der Waals surface area (Å²) in [5, 5.41) is 3.38. The van der Waals surface area contributed by atoms with E-state index in [1.807, 2.05) is 6.07 Å². The van der Waals surface area contributed by atoms with Gasteiger partial charge in [-0.15, -0.1) is 0 Å². The lowest BCUT2D eigenvalue weighted by atomic mass is 10.2. The van der Waals surface area contributed by atoms with E-state index >= 15 is 0 Å². The number of carbonyl (C=O) groups is 2. The van der Waals surface area contributed by atoms with Gasteiger partial charge in [0, 0.05) is 11.8 Å². The molecule has 1 unspecified atom stereocenters. The monoisotopic (exact) mass is 412 g/mol. The van der Waals surface area contributed by atoms with Crippen LogP contribution in [0.25, 0.3) is 11.0 Å². The van der Waals surface area contributed by atoms with Crippen LogP contribution in [-0.4, -0.2) is 22.1 Å². The maximum atomic E-state index is 12.3. The van der Waals surface area contributed by atoms with E-state index in [0.717, 1.165) is 17.1 Å². The predicted octanol–water partition coefficient (Wildman–Crippen LogP) is 3.86. The van der Waals surface area contributed by atoms with E-state index in [4.69, 9.17) is 16.0 Å². The third kappa shape index (κ3) is 3.72. The summed E-state index contributed by atoms with van der Waals surface area (Å²) in [5.74, 6) is -0.817. The summed E-state index contributed by atoms with van der Waals surface area (Å²) in [7, 11) is 0. The van der Waals surface area contributed by atoms with Gasteiger partial charge >= 0.3 is 5.63 Å². The fourth-order valence-electron chi connectivity index (χ4n) is 2.78. The number of nitrogens with one attached hydrogen (secondary N) is 1. The first-order valence-electron chi connectivity index (χ1n) is 8.38. The van der Waals surface area contributed by atoms with Crippen molar-refractivity contribution in [2.24, 2.45) is 4.99 Å². The van der Waals surface area contributed by atoms with Crippen molar-refractivity contribution in [2.45, 2.75) is 11.7 Å². The Balaban J connectivity index is 1.50. The van der Waals surface area contributed by atoms with E-state index in [0.29, 0.717) is 16.3 Å². The minimum Gasteiger partial charge on any atom is -0.422 e. The molecule has 0 fully saturated rings. The average Bonchev–Trinajstić information content (AvgIpc) is 3.03. The van der Waals surface area contributed by atoms with E-state index in [1.54, 1.807) is 48.5 Å². The van der Waals surface area contributed by atoms with Crippen molar-refractivity contribution < 1.29 is 14.0 Å². The number of hydrogen-bond acceptors (Lipinski definition) is 5. The van der Waals surface area contributed by atoms with E-state index in [9.17, 15) is 14.4 Å². The second-order valence-electron chi connectivity index (χ2n) is 6.08. The van der Waals surface area contributed by atoms with Gasteiger partial charge < -0.3 is 9.73 Å². The molecule has 0 bridgehead atoms. The molecule has 0 aliphatic carbocycles. The smallest absolute Gasteiger partial charge is 0.346 e. The SMILES string of the molecule is O=C(CC1SC(c2cc3ccccc3oc2=O)=NC1=O)Nc1ccccc1Cl. The topological polar surface area (TPSA) is 88.7 Å². The Morgan fingerprint density at radius 3 is 2.71 bits per heavy atom. The van der Waals surface area contributed by atoms with Gasteiger partial charge in [0.05, 0.1) is 16.3 Å². The van der Waals surface area contributed by atoms with Crippen LogP contribution in [0.2, 0.25) is 5.02 Å². The Morgan fingerprint density at radius 1 is 1.14 bits per heavy atom. The molecule has 1 aliphatic rings. The van der Waals surface area contributed by atoms with E-state index in [1.165, 1.54) is 0 Å². The minimum absolute atomic E-state index is 0.0827. The molecular weight excluding hydrogens is 400 g/mol. The van der Waals surface area contributed by atoms with Crippen LogP contribution in [-0.2, 0) is 9.59 Å². The highest BCUT2D eigenvalue weighted by Crippen LogP contribution is 2.30. The first kappa shape index (κ1) is 18.5. The quantitative estimate of drug-likeness (QED) is 0.657. The number of halogens is 1. The van der Waals surface area contributed by atoms with Crippen molar-refractivity contribution >= 4 is 56.9 Å². The Morgan fingerprint density at radius 2 is 1.89 bits per heavy atom. The molecule has 4 rings (SSSR count). The molecule has 28 heavy (non-hydrogen) atoms. The molecule has 0 saturated heterocycles. The van der Waals surface area contributed by atoms with Crippen LogP contribution in [0, 0.1) is 0 Å². The van der Waals surface area contributed by atoms with Crippen LogP contribution in [0.1, 0.15) is 12.0 Å². The number of benzene rings is 2. The number of para-hydroxylation sites is 2. The molecule has 0 saturated carbocycles. The summed E-state index contributed by atoms with van der Waals surface area (Å²) in [4.78, 5) is 40.8. The second-order valence-corrected chi connectivity index (χ2v) is 7.68. The zero-order valence-electron chi connectivity index (χ0n) is 14.3. The van der Waals surface area contributed by atoms with Crippen molar-refractivity contribution in [2.75, 3.05) is 5.32 Å². The summed E-state index contributed by atoms with van der Waals surface area (Å²) in [5.41, 5.74) is 0.577. The number of nitrogens with zero attached hydrogens (tertiary/aromatic N) is 1. The number of carbonyl (C=O) groups excluding carboxylic acids is 2. The summed E-state index contributed by atoms with van der Waals surface area (Å²) in [6, 6.07) is 15.6. The molecule has 0 radical (unpaired) electrons. The average molecular weight is 413 g/mol. The van der Waals surface area contributed by atoms with E-state index < -0.39 is 16.8 Å². The summed E-state index contributed by atoms with van der Waals surface area (Å²) in [6.45, 7) is 0. The van der Waals surface area contributed by atoms with Crippen LogP contribution in [0.3, 0.4) is 0 Å². The first-order valence-corrected chi connectivity index (χ1v) is 9.64. The largest absolute Gasteiger partial charge is 0.422 e. The van der Waals surface area contributed by atoms with Crippen LogP contribution in [0.4, 0.5) is 5.69 Å². The second kappa shape index (κ2) is 7.61. The zero-order valence-corrected chi connectivity index (χ0v) is 15.9. The lowest BCUT2D eigenvalue weighted by Gasteiger charge is -2.09. The van der Waals surface area contributed by atoms with Gasteiger partial charge in [-0.25, -0.2) is 9.79 Å². The van der Waals surface area contributed by atoms with Gasteiger partial charge in [0.25, 0.3) is 5.91 Å². The van der Waals surface area contributed by atoms with E-state index in [2.05, 4.69) is 10.3 Å². The van der Waals surface area contributed by atoms with Crippen molar-refractivity contribution in [1.29, 1.82) is 0 Å². The third-order valence-electron chi connectivity index (χ3n) is 4.13. The fourth-order valence-corrected chi connectivity index (χ4v) is 4.03. The van der Waals surface area contributed by atoms with Gasteiger partial charge in [-0.1, -0.05) is 53.7 Å². The normalized spacial score (nSPS) is 16.2. The van der Waals surface area contributed by atoms with Gasteiger partial charge in [-0.3, -0.25) is 9.59 Å². The van der Waals surface area contributed by atoms with Crippen LogP contribution in [0.15, 0.2) is 68.8 Å². The minimum atomic E-state index is -0.705. The highest BCUT2D eigenvalue weighted by molar-refractivity contribution is 8.16. The Bertz CT molecular complexity index is 1190. The summed E-state index contributed by atoms with van der Waals surface area (Å²) >= 11 is 7.11. The molecule has 2 aromatic carbocycles. The van der Waals surface area contributed by atoms with Gasteiger partial charge in [0.2, 0.25) is 5.91 Å². The van der Waals surface area contributed by atoms with Gasteiger partial charge in [-0.05, 0) is 24.3 Å². The molecule has 2 heterocycles. The Kier molecular flexibility index (Phi) is 5.02. The molecule has 140 valence electrons. The van der Waals surface area contributed by atoms with Crippen molar-refractivity contribution in [3.8, 4) is 0 Å². The number of hydrogen-bond donors (Lipinski definition) is 1. The highest BCUT2D eigenvalue weighted by Gasteiger charge is 2.32. The van der Waals surface area contributed by atoms with Crippen LogP contribution >= 0.6 is 23.4 Å². The highest BCUT2D eigenvalue weighted by atomic mass is 35.5. The van der Waals surface area contributed by atoms with Crippen molar-refractivity contribution in [3.05, 3.63) is 75.6 Å². The lowest BCUT2D eigenvalue weighted by Crippen LogP contribution is -2.21. The Labute approximate surface area is 168 Å². The van der Waals surface area contributed by atoms with Gasteiger partial charge in [0.1, 0.15) is 15.9 Å². The van der Waals surface area contributed by atoms with Gasteiger partial charge in [-0.2, -0.15) is 0 Å². The van der Waals surface area contributed by atoms with Gasteiger partial charge in [0.15, 0.2) is 0 Å². The van der Waals surface area contributed by atoms with Crippen LogP contribution < -0.4 is 10.9 Å². The summed E-state index contributed by atoms with van der Waals surface area (Å²) < 4.78 is 5.29. The summed E-state index contributed by atoms with van der Waals surface area (Å²) in [6.07, 6.45) is -0.0827. The van der Waals surface area contributed by atoms with E-state index in [-0.39, 0.29) is 22.9 Å². The Hall–Kier alpha value is -2.90. The number of fused-ring (bicyclic) bond motifs is 1. The van der Waals surface area contributed by atoms with Crippen molar-refractivity contribution in [3.63, 3.8) is 0 Å². The number of rotatable bonds is 4. The predicted molar refractivity (Wildman–Crippen MR) is 110 cm³/mol. The molecule has 1 atom stereocenters. The molecular formula is C20H13ClN2O4S. The molecule has 1 N–H and O–H groups in total. The number of anilines is 1.